The fourth-order valence-electron chi connectivity index (χ4n) is 2.25. The number of fused-ring (bicyclic) bond motifs is 3. The molecule has 0 unspecified atom stereocenters. The molecule has 0 atom stereocenters. The summed E-state index contributed by atoms with van der Waals surface area (Å²) in [5, 5.41) is 0. The van der Waals surface area contributed by atoms with Crippen molar-refractivity contribution in [3.8, 4) is 0 Å². The first-order valence-corrected chi connectivity index (χ1v) is 6.13. The maximum atomic E-state index is 4.72. The van der Waals surface area contributed by atoms with Gasteiger partial charge in [-0.3, -0.25) is 4.40 Å². The highest BCUT2D eigenvalue weighted by molar-refractivity contribution is 7.17. The van der Waals surface area contributed by atoms with E-state index in [1.165, 1.54) is 26.9 Å². The van der Waals surface area contributed by atoms with Crippen LogP contribution in [-0.2, 0) is 13.0 Å². The zero-order valence-electron chi connectivity index (χ0n) is 9.37. The smallest absolute Gasteiger partial charge is 0.194 e. The molecule has 0 aromatic carbocycles. The number of hydrogen-bond donors (Lipinski definition) is 0. The van der Waals surface area contributed by atoms with Crippen LogP contribution in [0.5, 0.6) is 0 Å². The van der Waals surface area contributed by atoms with Crippen LogP contribution in [0.2, 0.25) is 0 Å². The average Bonchev–Trinajstić information content (AvgIpc) is 2.65. The minimum atomic E-state index is 1.04. The molecular formula is C11H15N3S. The molecule has 0 saturated heterocycles. The van der Waals surface area contributed by atoms with E-state index in [2.05, 4.69) is 30.2 Å². The lowest BCUT2D eigenvalue weighted by atomic mass is 10.1. The van der Waals surface area contributed by atoms with Gasteiger partial charge in [-0.15, -0.1) is 11.3 Å². The highest BCUT2D eigenvalue weighted by Gasteiger charge is 2.21. The molecule has 0 N–H and O–H groups in total. The molecule has 2 aromatic rings. The summed E-state index contributed by atoms with van der Waals surface area (Å²) in [6.45, 7) is 6.53. The third-order valence-electron chi connectivity index (χ3n) is 3.26. The summed E-state index contributed by atoms with van der Waals surface area (Å²) < 4.78 is 2.34. The molecule has 0 bridgehead atoms. The van der Waals surface area contributed by atoms with Gasteiger partial charge in [0.05, 0.1) is 11.4 Å². The number of hydrogen-bond acceptors (Lipinski definition) is 3. The molecule has 0 aliphatic carbocycles. The molecule has 15 heavy (non-hydrogen) atoms. The molecule has 80 valence electrons. The number of aromatic nitrogens is 2. The zero-order valence-corrected chi connectivity index (χ0v) is 10.2. The number of rotatable bonds is 0. The molecule has 2 aromatic heterocycles. The largest absolute Gasteiger partial charge is 0.300 e. The monoisotopic (exact) mass is 221 g/mol. The fraction of sp³-hybridized carbons (Fsp3) is 0.545. The molecule has 3 nitrogen and oxygen atoms in total. The van der Waals surface area contributed by atoms with Gasteiger partial charge in [0.1, 0.15) is 0 Å². The van der Waals surface area contributed by atoms with Crippen LogP contribution in [0.25, 0.3) is 4.96 Å². The Morgan fingerprint density at radius 2 is 2.13 bits per heavy atom. The topological polar surface area (TPSA) is 20.5 Å². The van der Waals surface area contributed by atoms with Crippen molar-refractivity contribution in [3.05, 3.63) is 22.0 Å². The van der Waals surface area contributed by atoms with Crippen molar-refractivity contribution in [3.63, 3.8) is 0 Å². The Balaban J connectivity index is 2.28. The van der Waals surface area contributed by atoms with Crippen LogP contribution in [0.1, 0.15) is 22.0 Å². The summed E-state index contributed by atoms with van der Waals surface area (Å²) >= 11 is 1.81. The van der Waals surface area contributed by atoms with Gasteiger partial charge < -0.3 is 4.90 Å². The third-order valence-corrected chi connectivity index (χ3v) is 4.32. The SMILES string of the molecule is Cc1sc2nc3c(n2c1C)CN(C)CC3. The van der Waals surface area contributed by atoms with Crippen LogP contribution in [0, 0.1) is 13.8 Å². The summed E-state index contributed by atoms with van der Waals surface area (Å²) in [7, 11) is 2.18. The van der Waals surface area contributed by atoms with Gasteiger partial charge >= 0.3 is 0 Å². The van der Waals surface area contributed by atoms with Gasteiger partial charge in [-0.25, -0.2) is 4.98 Å². The van der Waals surface area contributed by atoms with Gasteiger partial charge in [0, 0.05) is 30.1 Å². The maximum absolute atomic E-state index is 4.72. The van der Waals surface area contributed by atoms with Crippen molar-refractivity contribution in [2.45, 2.75) is 26.8 Å². The summed E-state index contributed by atoms with van der Waals surface area (Å²) in [6.07, 6.45) is 1.10. The van der Waals surface area contributed by atoms with E-state index in [1.54, 1.807) is 11.3 Å². The highest BCUT2D eigenvalue weighted by atomic mass is 32.1. The first-order valence-electron chi connectivity index (χ1n) is 5.31. The lowest BCUT2D eigenvalue weighted by Crippen LogP contribution is -2.27. The number of imidazole rings is 1. The highest BCUT2D eigenvalue weighted by Crippen LogP contribution is 2.27. The number of likely N-dealkylation sites (N-methyl/N-ethyl adjacent to an activating group) is 1. The summed E-state index contributed by atoms with van der Waals surface area (Å²) in [5.74, 6) is 0. The second-order valence-corrected chi connectivity index (χ2v) is 5.54. The average molecular weight is 221 g/mol. The Labute approximate surface area is 93.4 Å². The Hall–Kier alpha value is -0.870. The second-order valence-electron chi connectivity index (χ2n) is 4.35. The Morgan fingerprint density at radius 3 is 2.93 bits per heavy atom. The van der Waals surface area contributed by atoms with E-state index < -0.39 is 0 Å². The number of thiazole rings is 1. The van der Waals surface area contributed by atoms with Gasteiger partial charge in [-0.1, -0.05) is 0 Å². The zero-order chi connectivity index (χ0) is 10.6. The minimum absolute atomic E-state index is 1.04. The molecule has 1 aliphatic rings. The Bertz CT molecular complexity index is 523. The molecule has 4 heteroatoms. The predicted molar refractivity (Wildman–Crippen MR) is 62.6 cm³/mol. The molecule has 0 fully saturated rings. The Kier molecular flexibility index (Phi) is 1.91. The van der Waals surface area contributed by atoms with Gasteiger partial charge in [-0.2, -0.15) is 0 Å². The van der Waals surface area contributed by atoms with E-state index in [0.717, 1.165) is 19.5 Å². The first kappa shape index (κ1) is 9.36. The van der Waals surface area contributed by atoms with E-state index in [-0.39, 0.29) is 0 Å². The summed E-state index contributed by atoms with van der Waals surface area (Å²) in [5.41, 5.74) is 4.07. The van der Waals surface area contributed by atoms with Gasteiger partial charge in [0.2, 0.25) is 0 Å². The number of nitrogens with zero attached hydrogens (tertiary/aromatic N) is 3. The first-order chi connectivity index (χ1) is 7.16. The van der Waals surface area contributed by atoms with E-state index in [9.17, 15) is 0 Å². The fourth-order valence-corrected chi connectivity index (χ4v) is 3.26. The lowest BCUT2D eigenvalue weighted by molar-refractivity contribution is 0.305. The third kappa shape index (κ3) is 1.25. The van der Waals surface area contributed by atoms with Gasteiger partial charge in [-0.05, 0) is 20.9 Å². The Morgan fingerprint density at radius 1 is 1.33 bits per heavy atom. The van der Waals surface area contributed by atoms with E-state index in [1.807, 2.05) is 0 Å². The van der Waals surface area contributed by atoms with Gasteiger partial charge in [0.25, 0.3) is 0 Å². The molecule has 1 aliphatic heterocycles. The maximum Gasteiger partial charge on any atom is 0.194 e. The molecule has 3 rings (SSSR count). The number of aryl methyl sites for hydroxylation is 2. The molecule has 3 heterocycles. The van der Waals surface area contributed by atoms with Crippen LogP contribution in [-0.4, -0.2) is 27.9 Å². The van der Waals surface area contributed by atoms with Crippen LogP contribution in [0.4, 0.5) is 0 Å². The van der Waals surface area contributed by atoms with Crippen molar-refractivity contribution in [1.29, 1.82) is 0 Å². The van der Waals surface area contributed by atoms with E-state index in [0.29, 0.717) is 0 Å². The van der Waals surface area contributed by atoms with Crippen LogP contribution in [0.15, 0.2) is 0 Å². The van der Waals surface area contributed by atoms with Crippen molar-refractivity contribution in [2.24, 2.45) is 0 Å². The van der Waals surface area contributed by atoms with Crippen molar-refractivity contribution in [2.75, 3.05) is 13.6 Å². The predicted octanol–water partition coefficient (Wildman–Crippen LogP) is 2.00. The molecule has 0 saturated carbocycles. The van der Waals surface area contributed by atoms with Gasteiger partial charge in [0.15, 0.2) is 4.96 Å². The minimum Gasteiger partial charge on any atom is -0.300 e. The van der Waals surface area contributed by atoms with Crippen LogP contribution in [0.3, 0.4) is 0 Å². The van der Waals surface area contributed by atoms with E-state index >= 15 is 0 Å². The molecule has 0 spiro atoms. The second kappa shape index (κ2) is 3.06. The summed E-state index contributed by atoms with van der Waals surface area (Å²) in [4.78, 5) is 9.64. The van der Waals surface area contributed by atoms with E-state index in [4.69, 9.17) is 4.98 Å². The molecule has 0 radical (unpaired) electrons. The van der Waals surface area contributed by atoms with Crippen molar-refractivity contribution < 1.29 is 0 Å². The van der Waals surface area contributed by atoms with Crippen LogP contribution >= 0.6 is 11.3 Å². The standard InChI is InChI=1S/C11H15N3S/c1-7-8(2)15-11-12-9-4-5-13(3)6-10(9)14(7)11/h4-6H2,1-3H3. The summed E-state index contributed by atoms with van der Waals surface area (Å²) in [6, 6.07) is 0. The quantitative estimate of drug-likeness (QED) is 0.678. The van der Waals surface area contributed by atoms with Crippen molar-refractivity contribution in [1.82, 2.24) is 14.3 Å². The molecule has 0 amide bonds. The molecular weight excluding hydrogens is 206 g/mol. The normalized spacial score (nSPS) is 17.3. The lowest BCUT2D eigenvalue weighted by Gasteiger charge is -2.21. The van der Waals surface area contributed by atoms with Crippen molar-refractivity contribution >= 4 is 16.3 Å². The van der Waals surface area contributed by atoms with Crippen LogP contribution < -0.4 is 0 Å².